The average molecular weight is 215 g/mol. The molecule has 1 aromatic carbocycles. The molecule has 1 N–H and O–H groups in total. The molecule has 1 aliphatic rings. The van der Waals surface area contributed by atoms with Crippen LogP contribution in [0.4, 0.5) is 0 Å². The van der Waals surface area contributed by atoms with Gasteiger partial charge >= 0.3 is 0 Å². The molecular formula is C12H13N3O. The molecule has 0 saturated heterocycles. The summed E-state index contributed by atoms with van der Waals surface area (Å²) in [6, 6.07) is 8.13. The smallest absolute Gasteiger partial charge is 0.171 e. The number of fused-ring (bicyclic) bond motifs is 1. The van der Waals surface area contributed by atoms with Crippen LogP contribution in [0.15, 0.2) is 30.6 Å². The predicted octanol–water partition coefficient (Wildman–Crippen LogP) is 2.05. The van der Waals surface area contributed by atoms with E-state index in [1.165, 1.54) is 11.9 Å². The molecule has 0 amide bonds. The fourth-order valence-corrected chi connectivity index (χ4v) is 2.23. The molecule has 3 rings (SSSR count). The van der Waals surface area contributed by atoms with Crippen LogP contribution in [0.3, 0.4) is 0 Å². The molecular weight excluding hydrogens is 202 g/mol. The Balaban J connectivity index is 2.03. The van der Waals surface area contributed by atoms with Crippen molar-refractivity contribution in [1.82, 2.24) is 15.2 Å². The zero-order chi connectivity index (χ0) is 11.0. The van der Waals surface area contributed by atoms with Gasteiger partial charge in [-0.2, -0.15) is 5.10 Å². The van der Waals surface area contributed by atoms with E-state index < -0.39 is 0 Å². The Bertz CT molecular complexity index is 468. The lowest BCUT2D eigenvalue weighted by molar-refractivity contribution is 0.0787. The molecule has 4 heteroatoms. The number of ether oxygens (including phenoxy) is 1. The highest BCUT2D eigenvalue weighted by Crippen LogP contribution is 2.41. The second-order valence-corrected chi connectivity index (χ2v) is 4.07. The first-order chi connectivity index (χ1) is 7.84. The van der Waals surface area contributed by atoms with E-state index in [4.69, 9.17) is 4.74 Å². The average Bonchev–Trinajstić information content (AvgIpc) is 2.96. The van der Waals surface area contributed by atoms with Gasteiger partial charge in [0.1, 0.15) is 12.1 Å². The minimum atomic E-state index is -0.361. The number of hydrogen-bond acceptors (Lipinski definition) is 3. The van der Waals surface area contributed by atoms with Crippen molar-refractivity contribution in [3.8, 4) is 5.75 Å². The third-order valence-electron chi connectivity index (χ3n) is 3.17. The number of aromatic nitrogens is 3. The summed E-state index contributed by atoms with van der Waals surface area (Å²) < 4.78 is 6.05. The fourth-order valence-electron chi connectivity index (χ4n) is 2.23. The minimum absolute atomic E-state index is 0.361. The normalized spacial score (nSPS) is 22.8. The first kappa shape index (κ1) is 9.39. The van der Waals surface area contributed by atoms with Gasteiger partial charge in [-0.15, -0.1) is 0 Å². The van der Waals surface area contributed by atoms with Crippen LogP contribution in [0, 0.1) is 0 Å². The third kappa shape index (κ3) is 1.23. The highest BCUT2D eigenvalue weighted by Gasteiger charge is 2.41. The molecule has 82 valence electrons. The van der Waals surface area contributed by atoms with Crippen LogP contribution in [0.5, 0.6) is 5.75 Å². The van der Waals surface area contributed by atoms with E-state index in [0.29, 0.717) is 0 Å². The predicted molar refractivity (Wildman–Crippen MR) is 59.1 cm³/mol. The largest absolute Gasteiger partial charge is 0.479 e. The Morgan fingerprint density at radius 3 is 3.00 bits per heavy atom. The van der Waals surface area contributed by atoms with Crippen LogP contribution in [0.25, 0.3) is 0 Å². The van der Waals surface area contributed by atoms with Crippen molar-refractivity contribution in [2.24, 2.45) is 0 Å². The van der Waals surface area contributed by atoms with Gasteiger partial charge in [-0.25, -0.2) is 4.98 Å². The molecule has 0 radical (unpaired) electrons. The summed E-state index contributed by atoms with van der Waals surface area (Å²) in [7, 11) is 0. The molecule has 1 aromatic heterocycles. The maximum atomic E-state index is 6.05. The van der Waals surface area contributed by atoms with Crippen molar-refractivity contribution in [2.75, 3.05) is 0 Å². The van der Waals surface area contributed by atoms with Gasteiger partial charge in [0.15, 0.2) is 11.4 Å². The van der Waals surface area contributed by atoms with Crippen molar-refractivity contribution in [3.63, 3.8) is 0 Å². The zero-order valence-corrected chi connectivity index (χ0v) is 9.10. The van der Waals surface area contributed by atoms with Crippen LogP contribution in [-0.4, -0.2) is 15.2 Å². The van der Waals surface area contributed by atoms with Crippen LogP contribution in [0.1, 0.15) is 24.7 Å². The summed E-state index contributed by atoms with van der Waals surface area (Å²) in [4.78, 5) is 4.23. The zero-order valence-electron chi connectivity index (χ0n) is 9.10. The number of benzene rings is 1. The van der Waals surface area contributed by atoms with Crippen LogP contribution >= 0.6 is 0 Å². The van der Waals surface area contributed by atoms with Crippen LogP contribution < -0.4 is 4.74 Å². The number of H-pyrrole nitrogens is 1. The highest BCUT2D eigenvalue weighted by molar-refractivity contribution is 5.40. The number of hydrogen-bond donors (Lipinski definition) is 1. The first-order valence-electron chi connectivity index (χ1n) is 5.47. The second-order valence-electron chi connectivity index (χ2n) is 4.07. The lowest BCUT2D eigenvalue weighted by Gasteiger charge is -2.24. The van der Waals surface area contributed by atoms with Gasteiger partial charge < -0.3 is 4.74 Å². The fraction of sp³-hybridized carbons (Fsp3) is 0.333. The number of nitrogens with zero attached hydrogens (tertiary/aromatic N) is 2. The molecule has 1 unspecified atom stereocenters. The molecule has 0 aliphatic carbocycles. The summed E-state index contributed by atoms with van der Waals surface area (Å²) in [5, 5.41) is 6.83. The van der Waals surface area contributed by atoms with Gasteiger partial charge in [0.2, 0.25) is 0 Å². The molecule has 1 atom stereocenters. The van der Waals surface area contributed by atoms with E-state index in [1.54, 1.807) is 0 Å². The second kappa shape index (κ2) is 3.33. The summed E-state index contributed by atoms with van der Waals surface area (Å²) in [5.74, 6) is 1.77. The summed E-state index contributed by atoms with van der Waals surface area (Å²) in [5.41, 5.74) is 0.876. The molecule has 0 fully saturated rings. The van der Waals surface area contributed by atoms with E-state index in [9.17, 15) is 0 Å². The van der Waals surface area contributed by atoms with Crippen molar-refractivity contribution < 1.29 is 4.74 Å². The standard InChI is InChI=1S/C12H13N3O/c1-2-12(11-13-8-14-15-11)7-9-5-3-4-6-10(9)16-12/h3-6,8H,2,7H2,1H3,(H,13,14,15). The molecule has 4 nitrogen and oxygen atoms in total. The number of aromatic amines is 1. The summed E-state index contributed by atoms with van der Waals surface area (Å²) in [6.07, 6.45) is 3.25. The molecule has 2 heterocycles. The van der Waals surface area contributed by atoms with Crippen LogP contribution in [0.2, 0.25) is 0 Å². The van der Waals surface area contributed by atoms with E-state index in [2.05, 4.69) is 28.2 Å². The van der Waals surface area contributed by atoms with Crippen molar-refractivity contribution >= 4 is 0 Å². The van der Waals surface area contributed by atoms with E-state index in [-0.39, 0.29) is 5.60 Å². The molecule has 0 spiro atoms. The van der Waals surface area contributed by atoms with E-state index in [1.807, 2.05) is 18.2 Å². The maximum Gasteiger partial charge on any atom is 0.171 e. The Morgan fingerprint density at radius 2 is 2.31 bits per heavy atom. The lowest BCUT2D eigenvalue weighted by atomic mass is 9.94. The number of rotatable bonds is 2. The van der Waals surface area contributed by atoms with Crippen molar-refractivity contribution in [3.05, 3.63) is 42.0 Å². The van der Waals surface area contributed by atoms with Gasteiger partial charge in [0.05, 0.1) is 0 Å². The molecule has 16 heavy (non-hydrogen) atoms. The van der Waals surface area contributed by atoms with Crippen molar-refractivity contribution in [1.29, 1.82) is 0 Å². The molecule has 0 saturated carbocycles. The van der Waals surface area contributed by atoms with Gasteiger partial charge in [-0.1, -0.05) is 25.1 Å². The van der Waals surface area contributed by atoms with Crippen molar-refractivity contribution in [2.45, 2.75) is 25.4 Å². The first-order valence-corrected chi connectivity index (χ1v) is 5.47. The Kier molecular flexibility index (Phi) is 1.96. The van der Waals surface area contributed by atoms with Gasteiger partial charge in [-0.05, 0) is 18.1 Å². The molecule has 1 aliphatic heterocycles. The van der Waals surface area contributed by atoms with E-state index in [0.717, 1.165) is 24.4 Å². The number of para-hydroxylation sites is 1. The quantitative estimate of drug-likeness (QED) is 0.834. The van der Waals surface area contributed by atoms with Crippen LogP contribution in [-0.2, 0) is 12.0 Å². The lowest BCUT2D eigenvalue weighted by Crippen LogP contribution is -2.31. The topological polar surface area (TPSA) is 50.8 Å². The number of nitrogens with one attached hydrogen (secondary N) is 1. The monoisotopic (exact) mass is 215 g/mol. The third-order valence-corrected chi connectivity index (χ3v) is 3.17. The molecule has 0 bridgehead atoms. The molecule has 2 aromatic rings. The van der Waals surface area contributed by atoms with E-state index >= 15 is 0 Å². The van der Waals surface area contributed by atoms with Gasteiger partial charge in [0.25, 0.3) is 0 Å². The Morgan fingerprint density at radius 1 is 1.44 bits per heavy atom. The minimum Gasteiger partial charge on any atom is -0.479 e. The Labute approximate surface area is 93.7 Å². The SMILES string of the molecule is CCC1(c2ncn[nH]2)Cc2ccccc2O1. The summed E-state index contributed by atoms with van der Waals surface area (Å²) >= 11 is 0. The van der Waals surface area contributed by atoms with Gasteiger partial charge in [0, 0.05) is 6.42 Å². The Hall–Kier alpha value is -1.84. The highest BCUT2D eigenvalue weighted by atomic mass is 16.5. The maximum absolute atomic E-state index is 6.05. The summed E-state index contributed by atoms with van der Waals surface area (Å²) in [6.45, 7) is 2.11. The van der Waals surface area contributed by atoms with Gasteiger partial charge in [-0.3, -0.25) is 5.10 Å².